The summed E-state index contributed by atoms with van der Waals surface area (Å²) in [5.41, 5.74) is 0. The van der Waals surface area contributed by atoms with Crippen LogP contribution in [0.4, 0.5) is 0 Å². The molecule has 0 aliphatic heterocycles. The largest absolute Gasteiger partial charge is 0.416 e. The third-order valence-electron chi connectivity index (χ3n) is 0.293. The Kier molecular flexibility index (Phi) is 12.7. The maximum Gasteiger partial charge on any atom is 0.416 e. The first kappa shape index (κ1) is 11.7. The summed E-state index contributed by atoms with van der Waals surface area (Å²) < 4.78 is 18.6. The Morgan fingerprint density at radius 2 is 1.40 bits per heavy atom. The zero-order chi connectivity index (χ0) is 8.41. The van der Waals surface area contributed by atoms with Gasteiger partial charge in [-0.1, -0.05) is 13.2 Å². The van der Waals surface area contributed by atoms with E-state index < -0.39 is 11.4 Å². The molecule has 58 valence electrons. The minimum absolute atomic E-state index is 1.03. The van der Waals surface area contributed by atoms with Crippen molar-refractivity contribution in [2.24, 2.45) is 0 Å². The van der Waals surface area contributed by atoms with E-state index in [4.69, 9.17) is 0 Å². The van der Waals surface area contributed by atoms with Gasteiger partial charge in [-0.3, -0.25) is 0 Å². The highest BCUT2D eigenvalue weighted by Gasteiger charge is 1.90. The van der Waals surface area contributed by atoms with Crippen LogP contribution in [0.2, 0.25) is 0 Å². The van der Waals surface area contributed by atoms with E-state index in [1.807, 2.05) is 0 Å². The van der Waals surface area contributed by atoms with Crippen LogP contribution >= 0.6 is 0 Å². The predicted molar refractivity (Wildman–Crippen MR) is 42.0 cm³/mol. The Bertz CT molecular complexity index is 110. The lowest BCUT2D eigenvalue weighted by molar-refractivity contribution is 0.395. The van der Waals surface area contributed by atoms with Gasteiger partial charge in [0.05, 0.1) is 0 Å². The molecule has 10 heavy (non-hydrogen) atoms. The molecule has 0 bridgehead atoms. The first-order valence-corrected chi connectivity index (χ1v) is 3.29. The van der Waals surface area contributed by atoms with Crippen molar-refractivity contribution in [1.82, 2.24) is 0 Å². The van der Waals surface area contributed by atoms with Crippen LogP contribution in [-0.2, 0) is 19.7 Å². The highest BCUT2D eigenvalue weighted by atomic mass is 32.2. The molecular formula is C6H10O3S. The highest BCUT2D eigenvalue weighted by molar-refractivity contribution is 7.75. The third kappa shape index (κ3) is 10.1. The van der Waals surface area contributed by atoms with Crippen molar-refractivity contribution in [3.63, 3.8) is 0 Å². The smallest absolute Gasteiger partial charge is 0.380 e. The van der Waals surface area contributed by atoms with Gasteiger partial charge in [0.15, 0.2) is 0 Å². The van der Waals surface area contributed by atoms with Gasteiger partial charge in [-0.05, 0) is 0 Å². The van der Waals surface area contributed by atoms with Gasteiger partial charge in [0.25, 0.3) is 0 Å². The molecule has 0 aromatic heterocycles. The van der Waals surface area contributed by atoms with Crippen LogP contribution in [0.15, 0.2) is 38.8 Å². The lowest BCUT2D eigenvalue weighted by Gasteiger charge is -1.92. The normalized spacial score (nSPS) is 6.90. The van der Waals surface area contributed by atoms with E-state index in [-0.39, 0.29) is 0 Å². The zero-order valence-electron chi connectivity index (χ0n) is 5.62. The summed E-state index contributed by atoms with van der Waals surface area (Å²) in [6.45, 7) is 12.3. The van der Waals surface area contributed by atoms with Gasteiger partial charge in [0.1, 0.15) is 12.5 Å². The maximum atomic E-state index is 10.2. The second-order valence-corrected chi connectivity index (χ2v) is 1.52. The fraction of sp³-hybridized carbons (Fsp3) is 0. The second kappa shape index (κ2) is 10.9. The Hall–Kier alpha value is -1.03. The maximum absolute atomic E-state index is 10.2. The average molecular weight is 162 g/mol. The first-order chi connectivity index (χ1) is 4.81. The summed E-state index contributed by atoms with van der Waals surface area (Å²) >= 11 is -1.76. The molecule has 0 aliphatic carbocycles. The molecule has 0 saturated heterocycles. The summed E-state index contributed by atoms with van der Waals surface area (Å²) in [6.07, 6.45) is 2.05. The Balaban J connectivity index is 0. The standard InChI is InChI=1S/C4H6O3S.C2H4/c1-3-6-8(5)7-4-2;1-2/h3-4H,1-2H2;1-2H2. The van der Waals surface area contributed by atoms with Crippen LogP contribution < -0.4 is 0 Å². The highest BCUT2D eigenvalue weighted by Crippen LogP contribution is 1.87. The van der Waals surface area contributed by atoms with E-state index in [1.165, 1.54) is 0 Å². The topological polar surface area (TPSA) is 35.5 Å². The van der Waals surface area contributed by atoms with Crippen molar-refractivity contribution < 1.29 is 12.6 Å². The van der Waals surface area contributed by atoms with E-state index in [1.54, 1.807) is 0 Å². The monoisotopic (exact) mass is 162 g/mol. The molecule has 0 atom stereocenters. The number of hydrogen-bond donors (Lipinski definition) is 0. The van der Waals surface area contributed by atoms with E-state index in [9.17, 15) is 4.21 Å². The molecule has 0 fully saturated rings. The molecule has 0 aromatic carbocycles. The van der Waals surface area contributed by atoms with Gasteiger partial charge in [0, 0.05) is 0 Å². The van der Waals surface area contributed by atoms with E-state index in [0.717, 1.165) is 12.5 Å². The van der Waals surface area contributed by atoms with E-state index in [2.05, 4.69) is 34.7 Å². The summed E-state index contributed by atoms with van der Waals surface area (Å²) in [7, 11) is 0. The molecule has 0 radical (unpaired) electrons. The fourth-order valence-corrected chi connectivity index (χ4v) is 0.401. The van der Waals surface area contributed by atoms with Crippen LogP contribution in [0.25, 0.3) is 0 Å². The minimum atomic E-state index is -1.76. The van der Waals surface area contributed by atoms with Gasteiger partial charge in [0.2, 0.25) is 0 Å². The predicted octanol–water partition coefficient (Wildman–Crippen LogP) is 1.69. The van der Waals surface area contributed by atoms with Crippen LogP contribution in [0, 0.1) is 0 Å². The molecule has 4 heteroatoms. The minimum Gasteiger partial charge on any atom is -0.380 e. The molecule has 0 spiro atoms. The van der Waals surface area contributed by atoms with Crippen LogP contribution in [-0.4, -0.2) is 4.21 Å². The molecule has 3 nitrogen and oxygen atoms in total. The van der Waals surface area contributed by atoms with Crippen LogP contribution in [0.5, 0.6) is 0 Å². The summed E-state index contributed by atoms with van der Waals surface area (Å²) in [6, 6.07) is 0. The quantitative estimate of drug-likeness (QED) is 0.466. The lowest BCUT2D eigenvalue weighted by Crippen LogP contribution is -1.89. The Morgan fingerprint density at radius 1 is 1.10 bits per heavy atom. The van der Waals surface area contributed by atoms with Crippen molar-refractivity contribution >= 4 is 11.4 Å². The first-order valence-electron chi connectivity index (χ1n) is 2.29. The Morgan fingerprint density at radius 3 is 1.60 bits per heavy atom. The van der Waals surface area contributed by atoms with Crippen molar-refractivity contribution in [2.75, 3.05) is 0 Å². The van der Waals surface area contributed by atoms with Crippen molar-refractivity contribution in [1.29, 1.82) is 0 Å². The van der Waals surface area contributed by atoms with Gasteiger partial charge in [-0.15, -0.1) is 13.2 Å². The van der Waals surface area contributed by atoms with Crippen molar-refractivity contribution in [2.45, 2.75) is 0 Å². The zero-order valence-corrected chi connectivity index (χ0v) is 6.43. The van der Waals surface area contributed by atoms with Crippen molar-refractivity contribution in [3.8, 4) is 0 Å². The summed E-state index contributed by atoms with van der Waals surface area (Å²) in [5.74, 6) is 0. The summed E-state index contributed by atoms with van der Waals surface area (Å²) in [4.78, 5) is 0. The molecule has 0 N–H and O–H groups in total. The Labute approximate surface area is 63.5 Å². The van der Waals surface area contributed by atoms with Crippen molar-refractivity contribution in [3.05, 3.63) is 38.8 Å². The molecule has 0 aromatic rings. The van der Waals surface area contributed by atoms with E-state index >= 15 is 0 Å². The van der Waals surface area contributed by atoms with Crippen LogP contribution in [0.3, 0.4) is 0 Å². The second-order valence-electron chi connectivity index (χ2n) is 0.730. The SMILES string of the molecule is C=C.C=COS(=O)OC=C. The van der Waals surface area contributed by atoms with Crippen LogP contribution in [0.1, 0.15) is 0 Å². The third-order valence-corrected chi connectivity index (χ3v) is 0.880. The van der Waals surface area contributed by atoms with E-state index in [0.29, 0.717) is 0 Å². The molecule has 0 rings (SSSR count). The van der Waals surface area contributed by atoms with Gasteiger partial charge in [-0.2, -0.15) is 4.21 Å². The number of hydrogen-bond acceptors (Lipinski definition) is 3. The molecule has 0 amide bonds. The lowest BCUT2D eigenvalue weighted by atomic mass is 11.2. The molecule has 0 aliphatic rings. The van der Waals surface area contributed by atoms with Gasteiger partial charge >= 0.3 is 11.4 Å². The fourth-order valence-electron chi connectivity index (χ4n) is 0.134. The molecular weight excluding hydrogens is 152 g/mol. The number of rotatable bonds is 4. The average Bonchev–Trinajstić information content (AvgIpc) is 1.93. The molecule has 0 saturated carbocycles. The molecule has 0 unspecified atom stereocenters. The van der Waals surface area contributed by atoms with Gasteiger partial charge < -0.3 is 8.37 Å². The summed E-state index contributed by atoms with van der Waals surface area (Å²) in [5, 5.41) is 0. The van der Waals surface area contributed by atoms with Gasteiger partial charge in [-0.25, -0.2) is 0 Å². The molecule has 0 heterocycles.